The van der Waals surface area contributed by atoms with E-state index >= 15 is 0 Å². The second-order valence-electron chi connectivity index (χ2n) is 3.99. The lowest BCUT2D eigenvalue weighted by Crippen LogP contribution is -2.11. The van der Waals surface area contributed by atoms with Crippen molar-refractivity contribution in [1.29, 1.82) is 0 Å². The third kappa shape index (κ3) is 2.98. The van der Waals surface area contributed by atoms with E-state index in [2.05, 4.69) is 43.5 Å². The van der Waals surface area contributed by atoms with Gasteiger partial charge in [-0.3, -0.25) is 9.78 Å². The summed E-state index contributed by atoms with van der Waals surface area (Å²) in [6.45, 7) is 1.93. The Kier molecular flexibility index (Phi) is 4.50. The second kappa shape index (κ2) is 5.93. The highest BCUT2D eigenvalue weighted by Gasteiger charge is 2.19. The van der Waals surface area contributed by atoms with Crippen molar-refractivity contribution in [2.24, 2.45) is 0 Å². The maximum absolute atomic E-state index is 12.5. The van der Waals surface area contributed by atoms with E-state index in [1.807, 2.05) is 37.3 Å². The highest BCUT2D eigenvalue weighted by atomic mass is 127. The molecule has 0 saturated carbocycles. The van der Waals surface area contributed by atoms with Gasteiger partial charge in [0.2, 0.25) is 0 Å². The van der Waals surface area contributed by atoms with E-state index in [0.717, 1.165) is 19.2 Å². The van der Waals surface area contributed by atoms with Gasteiger partial charge >= 0.3 is 0 Å². The highest BCUT2D eigenvalue weighted by molar-refractivity contribution is 14.1. The third-order valence-electron chi connectivity index (χ3n) is 2.79. The summed E-state index contributed by atoms with van der Waals surface area (Å²) in [6.07, 6.45) is 3.43. The number of carbonyl (C=O) groups excluding carboxylic acids is 1. The van der Waals surface area contributed by atoms with Gasteiger partial charge in [-0.25, -0.2) is 0 Å². The molecular weight excluding hydrogens is 405 g/mol. The number of benzene rings is 1. The van der Waals surface area contributed by atoms with Crippen LogP contribution < -0.4 is 0 Å². The van der Waals surface area contributed by atoms with Gasteiger partial charge in [0.05, 0.1) is 0 Å². The molecule has 1 unspecified atom stereocenters. The Morgan fingerprint density at radius 3 is 2.61 bits per heavy atom. The van der Waals surface area contributed by atoms with Crippen LogP contribution in [0.25, 0.3) is 0 Å². The smallest absolute Gasteiger partial charge is 0.171 e. The van der Waals surface area contributed by atoms with Gasteiger partial charge in [0.1, 0.15) is 0 Å². The van der Waals surface area contributed by atoms with Crippen molar-refractivity contribution in [3.63, 3.8) is 0 Å². The predicted octanol–water partition coefficient (Wildman–Crippen LogP) is 4.44. The van der Waals surface area contributed by atoms with Crippen molar-refractivity contribution in [2.75, 3.05) is 0 Å². The van der Waals surface area contributed by atoms with Crippen LogP contribution in [0.5, 0.6) is 0 Å². The molecule has 1 heterocycles. The Morgan fingerprint density at radius 1 is 1.28 bits per heavy atom. The zero-order chi connectivity index (χ0) is 13.1. The van der Waals surface area contributed by atoms with Crippen molar-refractivity contribution in [2.45, 2.75) is 12.8 Å². The number of Topliss-reactive ketones (excluding diaryl/α,β-unsaturated/α-hetero) is 1. The van der Waals surface area contributed by atoms with E-state index in [9.17, 15) is 4.79 Å². The average molecular weight is 416 g/mol. The summed E-state index contributed by atoms with van der Waals surface area (Å²) in [6, 6.07) is 9.52. The summed E-state index contributed by atoms with van der Waals surface area (Å²) in [5.74, 6) is -0.0253. The molecule has 2 rings (SSSR count). The van der Waals surface area contributed by atoms with Crippen molar-refractivity contribution in [1.82, 2.24) is 4.98 Å². The Hall–Kier alpha value is -0.750. The molecular formula is C14H11BrINO. The van der Waals surface area contributed by atoms with E-state index in [-0.39, 0.29) is 11.7 Å². The second-order valence-corrected chi connectivity index (χ2v) is 6.07. The van der Waals surface area contributed by atoms with Crippen molar-refractivity contribution < 1.29 is 4.79 Å². The Balaban J connectivity index is 2.34. The number of halogens is 2. The molecule has 0 fully saturated rings. The molecule has 1 aromatic carbocycles. The van der Waals surface area contributed by atoms with Crippen LogP contribution in [-0.4, -0.2) is 10.8 Å². The molecule has 92 valence electrons. The van der Waals surface area contributed by atoms with Crippen LogP contribution in [0.4, 0.5) is 0 Å². The van der Waals surface area contributed by atoms with E-state index in [1.54, 1.807) is 12.4 Å². The number of nitrogens with zero attached hydrogens (tertiary/aromatic N) is 1. The van der Waals surface area contributed by atoms with Gasteiger partial charge < -0.3 is 0 Å². The largest absolute Gasteiger partial charge is 0.293 e. The van der Waals surface area contributed by atoms with Gasteiger partial charge in [-0.05, 0) is 58.5 Å². The fraction of sp³-hybridized carbons (Fsp3) is 0.143. The number of aromatic nitrogens is 1. The first-order valence-corrected chi connectivity index (χ1v) is 7.36. The SMILES string of the molecule is CC(C(=O)c1cc(Br)ccc1I)c1ccncc1. The van der Waals surface area contributed by atoms with Crippen LogP contribution in [0.3, 0.4) is 0 Å². The Labute approximate surface area is 128 Å². The summed E-state index contributed by atoms with van der Waals surface area (Å²) in [7, 11) is 0. The van der Waals surface area contributed by atoms with Gasteiger partial charge in [0.15, 0.2) is 5.78 Å². The molecule has 0 spiro atoms. The molecule has 0 N–H and O–H groups in total. The molecule has 0 amide bonds. The monoisotopic (exact) mass is 415 g/mol. The Morgan fingerprint density at radius 2 is 1.94 bits per heavy atom. The molecule has 0 radical (unpaired) electrons. The lowest BCUT2D eigenvalue weighted by molar-refractivity contribution is 0.0965. The first kappa shape index (κ1) is 13.7. The lowest BCUT2D eigenvalue weighted by atomic mass is 9.93. The molecule has 2 aromatic rings. The number of hydrogen-bond donors (Lipinski definition) is 0. The van der Waals surface area contributed by atoms with Crippen molar-refractivity contribution in [3.05, 3.63) is 61.9 Å². The normalized spacial score (nSPS) is 12.2. The topological polar surface area (TPSA) is 30.0 Å². The first-order chi connectivity index (χ1) is 8.59. The third-order valence-corrected chi connectivity index (χ3v) is 4.23. The molecule has 0 aliphatic heterocycles. The van der Waals surface area contributed by atoms with E-state index in [1.165, 1.54) is 0 Å². The van der Waals surface area contributed by atoms with Crippen LogP contribution in [0.2, 0.25) is 0 Å². The van der Waals surface area contributed by atoms with E-state index in [0.29, 0.717) is 0 Å². The standard InChI is InChI=1S/C14H11BrINO/c1-9(10-4-6-17-7-5-10)14(18)12-8-11(15)2-3-13(12)16/h2-9H,1H3. The van der Waals surface area contributed by atoms with Gasteiger partial charge in [-0.15, -0.1) is 0 Å². The molecule has 0 saturated heterocycles. The fourth-order valence-corrected chi connectivity index (χ4v) is 2.69. The maximum Gasteiger partial charge on any atom is 0.171 e. The summed E-state index contributed by atoms with van der Waals surface area (Å²) in [5, 5.41) is 0. The highest BCUT2D eigenvalue weighted by Crippen LogP contribution is 2.25. The van der Waals surface area contributed by atoms with E-state index < -0.39 is 0 Å². The molecule has 4 heteroatoms. The molecule has 0 aliphatic carbocycles. The number of rotatable bonds is 3. The molecule has 0 aliphatic rings. The van der Waals surface area contributed by atoms with Gasteiger partial charge in [-0.1, -0.05) is 22.9 Å². The van der Waals surface area contributed by atoms with Gasteiger partial charge in [-0.2, -0.15) is 0 Å². The number of carbonyl (C=O) groups is 1. The van der Waals surface area contributed by atoms with Crippen LogP contribution in [0.1, 0.15) is 28.8 Å². The summed E-state index contributed by atoms with van der Waals surface area (Å²) in [4.78, 5) is 16.4. The molecule has 1 atom stereocenters. The molecule has 18 heavy (non-hydrogen) atoms. The minimum Gasteiger partial charge on any atom is -0.293 e. The fourth-order valence-electron chi connectivity index (χ4n) is 1.72. The van der Waals surface area contributed by atoms with Crippen LogP contribution in [0, 0.1) is 3.57 Å². The number of pyridine rings is 1. The van der Waals surface area contributed by atoms with Crippen molar-refractivity contribution in [3.8, 4) is 0 Å². The lowest BCUT2D eigenvalue weighted by Gasteiger charge is -2.12. The van der Waals surface area contributed by atoms with Crippen LogP contribution in [0.15, 0.2) is 47.2 Å². The van der Waals surface area contributed by atoms with Crippen LogP contribution in [-0.2, 0) is 0 Å². The van der Waals surface area contributed by atoms with E-state index in [4.69, 9.17) is 0 Å². The summed E-state index contributed by atoms with van der Waals surface area (Å²) < 4.78 is 1.90. The maximum atomic E-state index is 12.5. The molecule has 0 bridgehead atoms. The zero-order valence-electron chi connectivity index (χ0n) is 9.73. The minimum absolute atomic E-state index is 0.131. The predicted molar refractivity (Wildman–Crippen MR) is 83.8 cm³/mol. The Bertz CT molecular complexity index is 571. The van der Waals surface area contributed by atoms with Crippen molar-refractivity contribution >= 4 is 44.3 Å². The van der Waals surface area contributed by atoms with Gasteiger partial charge in [0.25, 0.3) is 0 Å². The number of hydrogen-bond acceptors (Lipinski definition) is 2. The first-order valence-electron chi connectivity index (χ1n) is 5.49. The summed E-state index contributed by atoms with van der Waals surface area (Å²) in [5.41, 5.74) is 1.75. The summed E-state index contributed by atoms with van der Waals surface area (Å²) >= 11 is 5.60. The minimum atomic E-state index is -0.157. The molecule has 2 nitrogen and oxygen atoms in total. The quantitative estimate of drug-likeness (QED) is 0.548. The molecule has 1 aromatic heterocycles. The zero-order valence-corrected chi connectivity index (χ0v) is 13.5. The average Bonchev–Trinajstić information content (AvgIpc) is 2.41. The van der Waals surface area contributed by atoms with Gasteiger partial charge in [0, 0.05) is 31.9 Å². The van der Waals surface area contributed by atoms with Crippen LogP contribution >= 0.6 is 38.5 Å². The number of ketones is 1.